The largest absolute Gasteiger partial charge is 0.397 e. The van der Waals surface area contributed by atoms with Crippen LogP contribution >= 0.6 is 11.6 Å². The number of nitrogens with two attached hydrogens (primary N) is 1. The predicted molar refractivity (Wildman–Crippen MR) is 135 cm³/mol. The van der Waals surface area contributed by atoms with Gasteiger partial charge in [0.25, 0.3) is 0 Å². The molecule has 0 amide bonds. The van der Waals surface area contributed by atoms with Gasteiger partial charge in [0.15, 0.2) is 0 Å². The number of aryl methyl sites for hydroxylation is 1. The molecule has 1 aromatic heterocycles. The van der Waals surface area contributed by atoms with Crippen LogP contribution < -0.4 is 10.6 Å². The molecule has 2 aliphatic heterocycles. The van der Waals surface area contributed by atoms with Gasteiger partial charge in [0, 0.05) is 38.3 Å². The number of benzene rings is 1. The van der Waals surface area contributed by atoms with Gasteiger partial charge >= 0.3 is 0 Å². The van der Waals surface area contributed by atoms with Gasteiger partial charge in [-0.25, -0.2) is 4.98 Å². The summed E-state index contributed by atoms with van der Waals surface area (Å²) in [5.74, 6) is 1.54. The number of rotatable bonds is 6. The van der Waals surface area contributed by atoms with Crippen LogP contribution in [-0.2, 0) is 6.54 Å². The number of anilines is 2. The fourth-order valence-corrected chi connectivity index (χ4v) is 5.63. The molecular formula is C26H38ClN5. The Morgan fingerprint density at radius 1 is 1.09 bits per heavy atom. The van der Waals surface area contributed by atoms with E-state index < -0.39 is 0 Å². The fraction of sp³-hybridized carbons (Fsp3) is 0.577. The quantitative estimate of drug-likeness (QED) is 0.676. The van der Waals surface area contributed by atoms with E-state index in [1.165, 1.54) is 43.5 Å². The van der Waals surface area contributed by atoms with Crippen molar-refractivity contribution in [3.05, 3.63) is 52.7 Å². The third-order valence-electron chi connectivity index (χ3n) is 6.97. The van der Waals surface area contributed by atoms with E-state index in [1.807, 2.05) is 6.07 Å². The first-order valence-corrected chi connectivity index (χ1v) is 12.5. The highest BCUT2D eigenvalue weighted by atomic mass is 35.5. The summed E-state index contributed by atoms with van der Waals surface area (Å²) in [6.45, 7) is 13.3. The average Bonchev–Trinajstić information content (AvgIpc) is 2.76. The van der Waals surface area contributed by atoms with Gasteiger partial charge in [-0.1, -0.05) is 55.3 Å². The molecule has 0 aliphatic carbocycles. The van der Waals surface area contributed by atoms with E-state index in [1.54, 1.807) is 6.20 Å². The molecule has 3 heterocycles. The van der Waals surface area contributed by atoms with Crippen LogP contribution in [0.4, 0.5) is 11.5 Å². The van der Waals surface area contributed by atoms with Crippen LogP contribution in [0.3, 0.4) is 0 Å². The zero-order valence-corrected chi connectivity index (χ0v) is 20.6. The molecule has 1 atom stereocenters. The topological polar surface area (TPSA) is 48.6 Å². The maximum atomic E-state index is 6.49. The van der Waals surface area contributed by atoms with Crippen molar-refractivity contribution in [2.75, 3.05) is 43.4 Å². The number of aromatic nitrogens is 1. The van der Waals surface area contributed by atoms with Gasteiger partial charge in [-0.3, -0.25) is 9.80 Å². The lowest BCUT2D eigenvalue weighted by atomic mass is 9.94. The zero-order valence-electron chi connectivity index (χ0n) is 19.8. The van der Waals surface area contributed by atoms with Crippen LogP contribution in [0.5, 0.6) is 0 Å². The summed E-state index contributed by atoms with van der Waals surface area (Å²) >= 11 is 6.49. The first-order valence-electron chi connectivity index (χ1n) is 12.1. The Bertz CT molecular complexity index is 876. The number of hydrogen-bond acceptors (Lipinski definition) is 5. The van der Waals surface area contributed by atoms with E-state index in [9.17, 15) is 0 Å². The highest BCUT2D eigenvalue weighted by molar-refractivity contribution is 6.33. The molecule has 2 fully saturated rings. The number of pyridine rings is 1. The third-order valence-corrected chi connectivity index (χ3v) is 7.25. The highest BCUT2D eigenvalue weighted by Crippen LogP contribution is 2.31. The van der Waals surface area contributed by atoms with Gasteiger partial charge in [0.2, 0.25) is 0 Å². The van der Waals surface area contributed by atoms with Gasteiger partial charge in [0.05, 0.1) is 16.9 Å². The summed E-state index contributed by atoms with van der Waals surface area (Å²) in [6, 6.07) is 12.0. The monoisotopic (exact) mass is 455 g/mol. The van der Waals surface area contributed by atoms with Crippen molar-refractivity contribution in [1.29, 1.82) is 0 Å². The number of piperazine rings is 1. The second kappa shape index (κ2) is 10.4. The van der Waals surface area contributed by atoms with E-state index in [0.717, 1.165) is 32.0 Å². The van der Waals surface area contributed by atoms with Crippen LogP contribution in [0.25, 0.3) is 0 Å². The Morgan fingerprint density at radius 3 is 2.47 bits per heavy atom. The van der Waals surface area contributed by atoms with Gasteiger partial charge < -0.3 is 10.6 Å². The molecule has 4 rings (SSSR count). The lowest BCUT2D eigenvalue weighted by Gasteiger charge is -2.48. The van der Waals surface area contributed by atoms with E-state index >= 15 is 0 Å². The van der Waals surface area contributed by atoms with Gasteiger partial charge in [-0.15, -0.1) is 0 Å². The molecule has 5 nitrogen and oxygen atoms in total. The van der Waals surface area contributed by atoms with Crippen LogP contribution in [0, 0.1) is 12.8 Å². The van der Waals surface area contributed by atoms with Crippen LogP contribution in [0.1, 0.15) is 44.2 Å². The van der Waals surface area contributed by atoms with Crippen molar-refractivity contribution >= 4 is 23.1 Å². The van der Waals surface area contributed by atoms with E-state index in [0.29, 0.717) is 28.7 Å². The predicted octanol–water partition coefficient (Wildman–Crippen LogP) is 4.83. The lowest BCUT2D eigenvalue weighted by Crippen LogP contribution is -2.59. The Hall–Kier alpha value is -1.82. The van der Waals surface area contributed by atoms with Crippen LogP contribution in [-0.4, -0.2) is 59.6 Å². The molecule has 6 heteroatoms. The first kappa shape index (κ1) is 23.3. The number of piperidine rings is 1. The molecule has 32 heavy (non-hydrogen) atoms. The van der Waals surface area contributed by atoms with Crippen LogP contribution in [0.2, 0.25) is 5.02 Å². The summed E-state index contributed by atoms with van der Waals surface area (Å²) in [5.41, 5.74) is 9.23. The summed E-state index contributed by atoms with van der Waals surface area (Å²) in [6.07, 6.45) is 5.42. The molecule has 2 aliphatic rings. The first-order chi connectivity index (χ1) is 15.4. The van der Waals surface area contributed by atoms with Crippen molar-refractivity contribution in [1.82, 2.24) is 14.8 Å². The third kappa shape index (κ3) is 5.75. The second-order valence-electron chi connectivity index (χ2n) is 10.0. The van der Waals surface area contributed by atoms with Gasteiger partial charge in [0.1, 0.15) is 5.82 Å². The van der Waals surface area contributed by atoms with Gasteiger partial charge in [-0.05, 0) is 56.8 Å². The molecule has 0 radical (unpaired) electrons. The molecule has 174 valence electrons. The van der Waals surface area contributed by atoms with E-state index in [-0.39, 0.29) is 0 Å². The molecule has 1 aromatic carbocycles. The number of likely N-dealkylation sites (tertiary alicyclic amines) is 1. The minimum atomic E-state index is 0.535. The Kier molecular flexibility index (Phi) is 7.59. The van der Waals surface area contributed by atoms with Crippen molar-refractivity contribution in [2.45, 2.75) is 58.7 Å². The maximum Gasteiger partial charge on any atom is 0.147 e. The molecule has 0 saturated carbocycles. The molecule has 2 aromatic rings. The average molecular weight is 456 g/mol. The highest BCUT2D eigenvalue weighted by Gasteiger charge is 2.35. The minimum Gasteiger partial charge on any atom is -0.397 e. The molecule has 2 saturated heterocycles. The van der Waals surface area contributed by atoms with Crippen molar-refractivity contribution in [2.24, 2.45) is 5.92 Å². The van der Waals surface area contributed by atoms with Crippen molar-refractivity contribution in [3.63, 3.8) is 0 Å². The maximum absolute atomic E-state index is 6.49. The Balaban J connectivity index is 1.37. The standard InChI is InChI=1S/C26H38ClN5/c1-19(2)14-24-18-31(26-25(27)15-22(28)16-29-26)12-13-32(24)23-8-10-30(11-9-23)17-21-6-4-20(3)5-7-21/h4-7,15-16,19,23-24H,8-14,17-18,28H2,1-3H3/t24-/m0/s1. The van der Waals surface area contributed by atoms with E-state index in [2.05, 4.69) is 64.7 Å². The van der Waals surface area contributed by atoms with Gasteiger partial charge in [-0.2, -0.15) is 0 Å². The lowest BCUT2D eigenvalue weighted by molar-refractivity contribution is 0.0545. The SMILES string of the molecule is Cc1ccc(CN2CCC(N3CCN(c4ncc(N)cc4Cl)C[C@@H]3CC(C)C)CC2)cc1. The number of hydrogen-bond donors (Lipinski definition) is 1. The fourth-order valence-electron chi connectivity index (χ4n) is 5.34. The summed E-state index contributed by atoms with van der Waals surface area (Å²) in [4.78, 5) is 12.3. The second-order valence-corrected chi connectivity index (χ2v) is 10.4. The summed E-state index contributed by atoms with van der Waals surface area (Å²) in [7, 11) is 0. The van der Waals surface area contributed by atoms with Crippen LogP contribution in [0.15, 0.2) is 36.5 Å². The molecular weight excluding hydrogens is 418 g/mol. The molecule has 0 bridgehead atoms. The van der Waals surface area contributed by atoms with Crippen molar-refractivity contribution < 1.29 is 0 Å². The normalized spacial score (nSPS) is 21.4. The van der Waals surface area contributed by atoms with E-state index in [4.69, 9.17) is 17.3 Å². The number of halogens is 1. The summed E-state index contributed by atoms with van der Waals surface area (Å²) in [5, 5.41) is 0.658. The summed E-state index contributed by atoms with van der Waals surface area (Å²) < 4.78 is 0. The zero-order chi connectivity index (χ0) is 22.7. The number of nitrogens with zero attached hydrogens (tertiary/aromatic N) is 4. The Morgan fingerprint density at radius 2 is 1.81 bits per heavy atom. The minimum absolute atomic E-state index is 0.535. The Labute approximate surface area is 198 Å². The number of nitrogen functional groups attached to an aromatic ring is 1. The molecule has 0 spiro atoms. The smallest absolute Gasteiger partial charge is 0.147 e. The van der Waals surface area contributed by atoms with Crippen molar-refractivity contribution in [3.8, 4) is 0 Å². The molecule has 0 unspecified atom stereocenters. The molecule has 2 N–H and O–H groups in total.